The Balaban J connectivity index is 2.97. The maximum absolute atomic E-state index is 13.5. The highest BCUT2D eigenvalue weighted by Crippen LogP contribution is 2.40. The van der Waals surface area contributed by atoms with E-state index >= 15 is 0 Å². The summed E-state index contributed by atoms with van der Waals surface area (Å²) in [7, 11) is 1.51. The predicted molar refractivity (Wildman–Crippen MR) is 68.7 cm³/mol. The minimum atomic E-state index is -2.80. The van der Waals surface area contributed by atoms with Crippen LogP contribution < -0.4 is 4.74 Å². The highest BCUT2D eigenvalue weighted by Gasteiger charge is 2.37. The first-order valence-electron chi connectivity index (χ1n) is 3.79. The normalized spacial score (nSPS) is 11.9. The van der Waals surface area contributed by atoms with E-state index in [-0.39, 0.29) is 5.56 Å². The second-order valence-electron chi connectivity index (χ2n) is 2.65. The van der Waals surface area contributed by atoms with Gasteiger partial charge in [-0.2, -0.15) is 8.78 Å². The lowest BCUT2D eigenvalue weighted by Gasteiger charge is -2.18. The average molecular weight is 424 g/mol. The van der Waals surface area contributed by atoms with Gasteiger partial charge in [0, 0.05) is 5.56 Å². The van der Waals surface area contributed by atoms with Gasteiger partial charge in [0.25, 0.3) is 5.92 Å². The molecule has 0 spiro atoms. The van der Waals surface area contributed by atoms with Crippen molar-refractivity contribution >= 4 is 45.2 Å². The van der Waals surface area contributed by atoms with Gasteiger partial charge >= 0.3 is 0 Å². The Labute approximate surface area is 108 Å². The maximum atomic E-state index is 13.5. The summed E-state index contributed by atoms with van der Waals surface area (Å²) in [4.78, 5) is 0. The molecule has 0 heterocycles. The summed E-state index contributed by atoms with van der Waals surface area (Å²) in [6, 6.07) is 5.87. The quantitative estimate of drug-likeness (QED) is 0.527. The number of halogens is 4. The van der Waals surface area contributed by atoms with E-state index in [2.05, 4.69) is 0 Å². The first-order valence-corrected chi connectivity index (χ1v) is 6.28. The molecule has 0 fully saturated rings. The predicted octanol–water partition coefficient (Wildman–Crippen LogP) is 3.98. The lowest BCUT2D eigenvalue weighted by molar-refractivity contribution is 0.0219. The average Bonchev–Trinajstić information content (AvgIpc) is 2.17. The van der Waals surface area contributed by atoms with Crippen LogP contribution in [0.3, 0.4) is 0 Å². The Hall–Kier alpha value is 0.340. The summed E-state index contributed by atoms with van der Waals surface area (Å²) in [6.07, 6.45) is 0. The van der Waals surface area contributed by atoms with Gasteiger partial charge in [0.15, 0.2) is 0 Å². The van der Waals surface area contributed by atoms with Crippen molar-refractivity contribution in [3.63, 3.8) is 0 Å². The molecule has 0 N–H and O–H groups in total. The van der Waals surface area contributed by atoms with E-state index in [0.717, 1.165) is 0 Å². The van der Waals surface area contributed by atoms with Crippen molar-refractivity contribution in [1.82, 2.24) is 0 Å². The molecule has 1 rings (SSSR count). The first kappa shape index (κ1) is 12.4. The SMILES string of the molecule is COc1ccc(C(F)(F)C(I)I)cc1. The minimum absolute atomic E-state index is 0.0205. The monoisotopic (exact) mass is 424 g/mol. The summed E-state index contributed by atoms with van der Waals surface area (Å²) in [5.41, 5.74) is 0.0205. The molecule has 0 bridgehead atoms. The molecule has 78 valence electrons. The molecule has 0 atom stereocenters. The van der Waals surface area contributed by atoms with Crippen LogP contribution in [-0.2, 0) is 5.92 Å². The molecule has 0 aliphatic carbocycles. The van der Waals surface area contributed by atoms with Gasteiger partial charge in [-0.1, -0.05) is 45.2 Å². The van der Waals surface area contributed by atoms with Crippen LogP contribution in [0.25, 0.3) is 0 Å². The van der Waals surface area contributed by atoms with Gasteiger partial charge in [-0.3, -0.25) is 0 Å². The number of rotatable bonds is 3. The van der Waals surface area contributed by atoms with Crippen LogP contribution in [0.2, 0.25) is 0 Å². The zero-order valence-electron chi connectivity index (χ0n) is 7.31. The zero-order valence-corrected chi connectivity index (χ0v) is 11.6. The second-order valence-corrected chi connectivity index (χ2v) is 7.53. The standard InChI is InChI=1S/C9H8F2I2O/c1-14-7-4-2-6(3-5-7)9(10,11)8(12)13/h2-5,8H,1H3. The van der Waals surface area contributed by atoms with Crippen LogP contribution in [0.5, 0.6) is 5.75 Å². The number of hydrogen-bond donors (Lipinski definition) is 0. The summed E-state index contributed by atoms with van der Waals surface area (Å²) in [5.74, 6) is -2.21. The third-order valence-electron chi connectivity index (χ3n) is 1.75. The lowest BCUT2D eigenvalue weighted by Crippen LogP contribution is -2.20. The van der Waals surface area contributed by atoms with E-state index in [1.54, 1.807) is 57.3 Å². The minimum Gasteiger partial charge on any atom is -0.497 e. The van der Waals surface area contributed by atoms with E-state index in [1.165, 1.54) is 19.2 Å². The number of alkyl halides is 4. The van der Waals surface area contributed by atoms with E-state index < -0.39 is 7.85 Å². The van der Waals surface area contributed by atoms with Gasteiger partial charge in [0.05, 0.1) is 7.11 Å². The fourth-order valence-corrected chi connectivity index (χ4v) is 1.66. The van der Waals surface area contributed by atoms with Gasteiger partial charge in [0.2, 0.25) is 0 Å². The molecule has 0 aromatic heterocycles. The first-order chi connectivity index (χ1) is 6.48. The third-order valence-corrected chi connectivity index (χ3v) is 3.31. The van der Waals surface area contributed by atoms with Gasteiger partial charge < -0.3 is 4.74 Å². The molecule has 0 radical (unpaired) electrons. The molecule has 0 aliphatic heterocycles. The van der Waals surface area contributed by atoms with Crippen molar-refractivity contribution < 1.29 is 13.5 Å². The summed E-state index contributed by atoms with van der Waals surface area (Å²) < 4.78 is 31.1. The zero-order chi connectivity index (χ0) is 10.8. The van der Waals surface area contributed by atoms with Crippen LogP contribution in [0, 0.1) is 0 Å². The Bertz CT molecular complexity index is 298. The van der Waals surface area contributed by atoms with E-state index in [1.807, 2.05) is 0 Å². The molecule has 5 heteroatoms. The summed E-state index contributed by atoms with van der Waals surface area (Å²) in [6.45, 7) is 0. The van der Waals surface area contributed by atoms with Crippen LogP contribution in [0.1, 0.15) is 5.56 Å². The molecule has 0 unspecified atom stereocenters. The maximum Gasteiger partial charge on any atom is 0.293 e. The molecular weight excluding hydrogens is 416 g/mol. The number of benzene rings is 1. The van der Waals surface area contributed by atoms with Gasteiger partial charge in [-0.15, -0.1) is 0 Å². The Morgan fingerprint density at radius 3 is 2.07 bits per heavy atom. The molecule has 14 heavy (non-hydrogen) atoms. The number of hydrogen-bond acceptors (Lipinski definition) is 1. The van der Waals surface area contributed by atoms with Crippen molar-refractivity contribution in [2.24, 2.45) is 0 Å². The molecule has 0 amide bonds. The van der Waals surface area contributed by atoms with E-state index in [0.29, 0.717) is 5.75 Å². The number of methoxy groups -OCH3 is 1. The smallest absolute Gasteiger partial charge is 0.293 e. The molecule has 0 saturated heterocycles. The van der Waals surface area contributed by atoms with Gasteiger partial charge in [-0.05, 0) is 24.3 Å². The largest absolute Gasteiger partial charge is 0.497 e. The summed E-state index contributed by atoms with van der Waals surface area (Å²) >= 11 is 3.42. The second kappa shape index (κ2) is 4.91. The highest BCUT2D eigenvalue weighted by atomic mass is 127. The topological polar surface area (TPSA) is 9.23 Å². The van der Waals surface area contributed by atoms with Crippen LogP contribution in [0.4, 0.5) is 8.78 Å². The van der Waals surface area contributed by atoms with Gasteiger partial charge in [-0.25, -0.2) is 0 Å². The van der Waals surface area contributed by atoms with E-state index in [4.69, 9.17) is 4.74 Å². The van der Waals surface area contributed by atoms with Crippen LogP contribution in [0.15, 0.2) is 24.3 Å². The van der Waals surface area contributed by atoms with Gasteiger partial charge in [0.1, 0.15) is 7.68 Å². The van der Waals surface area contributed by atoms with Crippen molar-refractivity contribution in [3.8, 4) is 5.75 Å². The summed E-state index contributed by atoms with van der Waals surface area (Å²) in [5, 5.41) is 0. The van der Waals surface area contributed by atoms with E-state index in [9.17, 15) is 8.78 Å². The third kappa shape index (κ3) is 2.68. The van der Waals surface area contributed by atoms with Crippen molar-refractivity contribution in [1.29, 1.82) is 0 Å². The molecule has 1 aromatic rings. The van der Waals surface area contributed by atoms with Crippen LogP contribution >= 0.6 is 45.2 Å². The Kier molecular flexibility index (Phi) is 4.35. The lowest BCUT2D eigenvalue weighted by atomic mass is 10.1. The Morgan fingerprint density at radius 2 is 1.71 bits per heavy atom. The molecule has 1 aromatic carbocycles. The highest BCUT2D eigenvalue weighted by molar-refractivity contribution is 14.2. The van der Waals surface area contributed by atoms with Crippen LogP contribution in [-0.4, -0.2) is 9.04 Å². The number of ether oxygens (including phenoxy) is 1. The molecular formula is C9H8F2I2O. The fraction of sp³-hybridized carbons (Fsp3) is 0.333. The fourth-order valence-electron chi connectivity index (χ4n) is 0.939. The van der Waals surface area contributed by atoms with Crippen molar-refractivity contribution in [3.05, 3.63) is 29.8 Å². The molecule has 0 saturated carbocycles. The van der Waals surface area contributed by atoms with Crippen molar-refractivity contribution in [2.75, 3.05) is 7.11 Å². The van der Waals surface area contributed by atoms with Crippen molar-refractivity contribution in [2.45, 2.75) is 7.85 Å². The Morgan fingerprint density at radius 1 is 1.21 bits per heavy atom. The molecule has 0 aliphatic rings. The molecule has 1 nitrogen and oxygen atoms in total.